The fraction of sp³-hybridized carbons (Fsp3) is 0.115. The smallest absolute Gasteiger partial charge is 0.338 e. The van der Waals surface area contributed by atoms with Gasteiger partial charge in [-0.15, -0.1) is 0 Å². The van der Waals surface area contributed by atoms with Crippen molar-refractivity contribution in [1.82, 2.24) is 9.88 Å². The highest BCUT2D eigenvalue weighted by molar-refractivity contribution is 6.05. The molecule has 4 rings (SSSR count). The Morgan fingerprint density at radius 2 is 1.76 bits per heavy atom. The van der Waals surface area contributed by atoms with Gasteiger partial charge in [-0.25, -0.2) is 4.79 Å². The standard InChI is InChI=1S/C26H23N3O5/c1-28(23-12-3-2-11-22(23)25(31)27-17-21-10-7-15-33-21)24(30)18-34-26(32)19-8-6-9-20(16-19)29-13-4-5-14-29/h2-16H,17-18H2,1H3,(H,27,31). The lowest BCUT2D eigenvalue weighted by Crippen LogP contribution is -2.33. The van der Waals surface area contributed by atoms with Crippen molar-refractivity contribution in [2.45, 2.75) is 6.54 Å². The second kappa shape index (κ2) is 10.4. The van der Waals surface area contributed by atoms with Crippen molar-refractivity contribution in [3.8, 4) is 5.69 Å². The number of carbonyl (C=O) groups is 3. The summed E-state index contributed by atoms with van der Waals surface area (Å²) >= 11 is 0. The van der Waals surface area contributed by atoms with E-state index in [9.17, 15) is 14.4 Å². The maximum atomic E-state index is 12.8. The molecule has 34 heavy (non-hydrogen) atoms. The predicted octanol–water partition coefficient (Wildman–Crippen LogP) is 3.82. The predicted molar refractivity (Wildman–Crippen MR) is 126 cm³/mol. The molecule has 4 aromatic rings. The second-order valence-corrected chi connectivity index (χ2v) is 7.45. The Morgan fingerprint density at radius 3 is 2.53 bits per heavy atom. The van der Waals surface area contributed by atoms with Crippen molar-refractivity contribution in [2.75, 3.05) is 18.6 Å². The summed E-state index contributed by atoms with van der Waals surface area (Å²) < 4.78 is 12.3. The number of furan rings is 1. The number of benzene rings is 2. The first-order valence-corrected chi connectivity index (χ1v) is 10.6. The van der Waals surface area contributed by atoms with Crippen molar-refractivity contribution in [3.63, 3.8) is 0 Å². The summed E-state index contributed by atoms with van der Waals surface area (Å²) in [5.74, 6) is -0.824. The van der Waals surface area contributed by atoms with Crippen LogP contribution in [0.3, 0.4) is 0 Å². The average molecular weight is 457 g/mol. The van der Waals surface area contributed by atoms with Gasteiger partial charge in [0, 0.05) is 25.1 Å². The number of ether oxygens (including phenoxy) is 1. The molecule has 1 N–H and O–H groups in total. The second-order valence-electron chi connectivity index (χ2n) is 7.45. The van der Waals surface area contributed by atoms with Gasteiger partial charge in [0.2, 0.25) is 0 Å². The number of hydrogen-bond acceptors (Lipinski definition) is 5. The third kappa shape index (κ3) is 5.24. The lowest BCUT2D eigenvalue weighted by atomic mass is 10.1. The Kier molecular flexibility index (Phi) is 6.88. The Hall–Kier alpha value is -4.59. The summed E-state index contributed by atoms with van der Waals surface area (Å²) in [7, 11) is 1.53. The number of rotatable bonds is 8. The zero-order chi connectivity index (χ0) is 23.9. The van der Waals surface area contributed by atoms with Gasteiger partial charge in [0.1, 0.15) is 5.76 Å². The number of aromatic nitrogens is 1. The molecule has 8 nitrogen and oxygen atoms in total. The number of carbonyl (C=O) groups excluding carboxylic acids is 3. The molecule has 2 aromatic carbocycles. The number of likely N-dealkylation sites (N-methyl/N-ethyl adjacent to an activating group) is 1. The monoisotopic (exact) mass is 457 g/mol. The Balaban J connectivity index is 1.39. The van der Waals surface area contributed by atoms with Crippen LogP contribution in [0.2, 0.25) is 0 Å². The molecule has 0 atom stereocenters. The quantitative estimate of drug-likeness (QED) is 0.406. The minimum absolute atomic E-state index is 0.220. The molecule has 0 bridgehead atoms. The molecule has 0 spiro atoms. The molecule has 2 amide bonds. The van der Waals surface area contributed by atoms with Crippen molar-refractivity contribution < 1.29 is 23.5 Å². The summed E-state index contributed by atoms with van der Waals surface area (Å²) in [6, 6.07) is 20.9. The maximum Gasteiger partial charge on any atom is 0.338 e. The van der Waals surface area contributed by atoms with E-state index >= 15 is 0 Å². The van der Waals surface area contributed by atoms with Gasteiger partial charge in [-0.3, -0.25) is 9.59 Å². The summed E-state index contributed by atoms with van der Waals surface area (Å²) in [5, 5.41) is 2.77. The third-order valence-corrected chi connectivity index (χ3v) is 5.20. The topological polar surface area (TPSA) is 93.8 Å². The molecule has 0 aliphatic carbocycles. The number of nitrogens with one attached hydrogen (secondary N) is 1. The van der Waals surface area contributed by atoms with Gasteiger partial charge in [-0.2, -0.15) is 0 Å². The fourth-order valence-electron chi connectivity index (χ4n) is 3.38. The molecule has 172 valence electrons. The first-order valence-electron chi connectivity index (χ1n) is 10.6. The van der Waals surface area contributed by atoms with Crippen LogP contribution in [0.25, 0.3) is 5.69 Å². The molecule has 0 radical (unpaired) electrons. The molecular weight excluding hydrogens is 434 g/mol. The maximum absolute atomic E-state index is 12.8. The summed E-state index contributed by atoms with van der Waals surface area (Å²) in [6.45, 7) is -0.247. The van der Waals surface area contributed by atoms with E-state index in [2.05, 4.69) is 5.32 Å². The van der Waals surface area contributed by atoms with E-state index in [1.807, 2.05) is 35.2 Å². The summed E-state index contributed by atoms with van der Waals surface area (Å²) in [6.07, 6.45) is 5.26. The van der Waals surface area contributed by atoms with Crippen molar-refractivity contribution in [3.05, 3.63) is 108 Å². The Morgan fingerprint density at radius 1 is 0.971 bits per heavy atom. The largest absolute Gasteiger partial charge is 0.467 e. The molecule has 2 aromatic heterocycles. The van der Waals surface area contributed by atoms with E-state index in [1.165, 1.54) is 18.2 Å². The molecular formula is C26H23N3O5. The van der Waals surface area contributed by atoms with Crippen LogP contribution in [-0.4, -0.2) is 36.0 Å². The minimum atomic E-state index is -0.611. The van der Waals surface area contributed by atoms with Crippen LogP contribution < -0.4 is 10.2 Å². The number of para-hydroxylation sites is 1. The van der Waals surface area contributed by atoms with E-state index in [-0.39, 0.29) is 12.5 Å². The minimum Gasteiger partial charge on any atom is -0.467 e. The van der Waals surface area contributed by atoms with Crippen molar-refractivity contribution in [1.29, 1.82) is 0 Å². The Bertz CT molecular complexity index is 1280. The van der Waals surface area contributed by atoms with Gasteiger partial charge in [-0.05, 0) is 54.6 Å². The lowest BCUT2D eigenvalue weighted by molar-refractivity contribution is -0.121. The summed E-state index contributed by atoms with van der Waals surface area (Å²) in [5.41, 5.74) is 1.85. The number of amides is 2. The Labute approximate surface area is 196 Å². The highest BCUT2D eigenvalue weighted by Crippen LogP contribution is 2.20. The third-order valence-electron chi connectivity index (χ3n) is 5.20. The summed E-state index contributed by atoms with van der Waals surface area (Å²) in [4.78, 5) is 39.3. The lowest BCUT2D eigenvalue weighted by Gasteiger charge is -2.20. The van der Waals surface area contributed by atoms with Gasteiger partial charge in [0.05, 0.1) is 29.6 Å². The molecule has 0 saturated carbocycles. The van der Waals surface area contributed by atoms with Crippen LogP contribution >= 0.6 is 0 Å². The first kappa shape index (κ1) is 22.6. The van der Waals surface area contributed by atoms with Gasteiger partial charge in [-0.1, -0.05) is 18.2 Å². The average Bonchev–Trinajstić information content (AvgIpc) is 3.60. The van der Waals surface area contributed by atoms with Crippen LogP contribution in [0.4, 0.5) is 5.69 Å². The molecule has 0 aliphatic heterocycles. The zero-order valence-electron chi connectivity index (χ0n) is 18.5. The normalized spacial score (nSPS) is 10.5. The van der Waals surface area contributed by atoms with Crippen LogP contribution in [0.5, 0.6) is 0 Å². The molecule has 2 heterocycles. The van der Waals surface area contributed by atoms with Crippen LogP contribution in [0.15, 0.2) is 95.9 Å². The van der Waals surface area contributed by atoms with Crippen molar-refractivity contribution in [2.24, 2.45) is 0 Å². The van der Waals surface area contributed by atoms with Gasteiger partial charge >= 0.3 is 5.97 Å². The highest BCUT2D eigenvalue weighted by Gasteiger charge is 2.20. The molecule has 0 unspecified atom stereocenters. The molecule has 0 fully saturated rings. The van der Waals surface area contributed by atoms with Gasteiger partial charge < -0.3 is 23.9 Å². The van der Waals surface area contributed by atoms with E-state index in [0.717, 1.165) is 5.69 Å². The van der Waals surface area contributed by atoms with E-state index in [4.69, 9.17) is 9.15 Å². The number of esters is 1. The first-order chi connectivity index (χ1) is 16.5. The van der Waals surface area contributed by atoms with Gasteiger partial charge in [0.15, 0.2) is 6.61 Å². The molecule has 0 aliphatic rings. The number of hydrogen-bond donors (Lipinski definition) is 1. The SMILES string of the molecule is CN(C(=O)COC(=O)c1cccc(-n2cccc2)c1)c1ccccc1C(=O)NCc1ccco1. The molecule has 8 heteroatoms. The van der Waals surface area contributed by atoms with Crippen LogP contribution in [-0.2, 0) is 16.1 Å². The molecule has 0 saturated heterocycles. The van der Waals surface area contributed by atoms with Crippen LogP contribution in [0, 0.1) is 0 Å². The van der Waals surface area contributed by atoms with E-state index in [0.29, 0.717) is 22.6 Å². The fourth-order valence-corrected chi connectivity index (χ4v) is 3.38. The highest BCUT2D eigenvalue weighted by atomic mass is 16.5. The number of anilines is 1. The van der Waals surface area contributed by atoms with Gasteiger partial charge in [0.25, 0.3) is 11.8 Å². The number of nitrogens with zero attached hydrogens (tertiary/aromatic N) is 2. The van der Waals surface area contributed by atoms with Crippen LogP contribution in [0.1, 0.15) is 26.5 Å². The van der Waals surface area contributed by atoms with E-state index < -0.39 is 18.5 Å². The van der Waals surface area contributed by atoms with Crippen molar-refractivity contribution >= 4 is 23.5 Å². The van der Waals surface area contributed by atoms with E-state index in [1.54, 1.807) is 54.6 Å². The zero-order valence-corrected chi connectivity index (χ0v) is 18.5.